The third-order valence-electron chi connectivity index (χ3n) is 2.22. The molecule has 1 fully saturated rings. The molecule has 3 nitrogen and oxygen atoms in total. The van der Waals surface area contributed by atoms with Crippen molar-refractivity contribution in [3.8, 4) is 0 Å². The van der Waals surface area contributed by atoms with E-state index in [1.165, 1.54) is 36.0 Å². The van der Waals surface area contributed by atoms with Gasteiger partial charge in [-0.1, -0.05) is 11.9 Å². The number of halogens is 1. The molecule has 1 aliphatic rings. The highest BCUT2D eigenvalue weighted by molar-refractivity contribution is 8.12. The molecule has 0 aliphatic carbocycles. The number of nitrogens with zero attached hydrogens (tertiary/aromatic N) is 1. The predicted octanol–water partition coefficient (Wildman–Crippen LogP) is 1.52. The first-order valence-electron chi connectivity index (χ1n) is 4.86. The maximum Gasteiger partial charge on any atom is 0.123 e. The molecule has 16 heavy (non-hydrogen) atoms. The van der Waals surface area contributed by atoms with Gasteiger partial charge in [0.2, 0.25) is 0 Å². The van der Waals surface area contributed by atoms with Gasteiger partial charge in [-0.25, -0.2) is 4.39 Å². The van der Waals surface area contributed by atoms with Gasteiger partial charge in [0.25, 0.3) is 0 Å². The number of β-amino-alcohol motifs (C(OH)–C–C–N with tert-alkyl or cyclic N) is 1. The van der Waals surface area contributed by atoms with E-state index in [-0.39, 0.29) is 17.7 Å². The SMILES string of the molecule is OC[C@H]1SN(Sc2ccc(F)cc2)C[C@@H]1O. The van der Waals surface area contributed by atoms with E-state index in [9.17, 15) is 9.50 Å². The molecule has 0 amide bonds. The molecular formula is C10H12FNO2S2. The van der Waals surface area contributed by atoms with Gasteiger partial charge in [0.1, 0.15) is 5.82 Å². The standard InChI is InChI=1S/C10H12FNO2S2/c11-7-1-3-8(4-2-7)15-12-5-9(14)10(6-13)16-12/h1-4,9-10,13-14H,5-6H2/t9-,10+/m0/s1. The Kier molecular flexibility index (Phi) is 4.10. The first-order valence-corrected chi connectivity index (χ1v) is 6.47. The van der Waals surface area contributed by atoms with Crippen LogP contribution in [0.4, 0.5) is 4.39 Å². The summed E-state index contributed by atoms with van der Waals surface area (Å²) < 4.78 is 14.6. The van der Waals surface area contributed by atoms with Crippen molar-refractivity contribution in [3.63, 3.8) is 0 Å². The maximum atomic E-state index is 12.7. The average molecular weight is 261 g/mol. The van der Waals surface area contributed by atoms with Gasteiger partial charge < -0.3 is 10.2 Å². The molecule has 0 bridgehead atoms. The molecule has 0 unspecified atom stereocenters. The van der Waals surface area contributed by atoms with Crippen molar-refractivity contribution >= 4 is 23.9 Å². The Morgan fingerprint density at radius 3 is 2.69 bits per heavy atom. The average Bonchev–Trinajstić information content (AvgIpc) is 2.62. The number of aliphatic hydroxyl groups is 2. The van der Waals surface area contributed by atoms with Gasteiger partial charge in [-0.15, -0.1) is 0 Å². The van der Waals surface area contributed by atoms with Crippen molar-refractivity contribution in [2.75, 3.05) is 13.2 Å². The molecule has 1 heterocycles. The quantitative estimate of drug-likeness (QED) is 0.808. The molecule has 1 aromatic carbocycles. The molecule has 1 aromatic rings. The summed E-state index contributed by atoms with van der Waals surface area (Å²) in [5, 5.41) is 18.4. The van der Waals surface area contributed by atoms with E-state index in [1.807, 2.05) is 3.71 Å². The lowest BCUT2D eigenvalue weighted by Crippen LogP contribution is -2.23. The van der Waals surface area contributed by atoms with E-state index in [2.05, 4.69) is 0 Å². The molecule has 0 spiro atoms. The van der Waals surface area contributed by atoms with Crippen LogP contribution in [0.1, 0.15) is 0 Å². The molecule has 0 radical (unpaired) electrons. The Balaban J connectivity index is 1.94. The molecular weight excluding hydrogens is 249 g/mol. The van der Waals surface area contributed by atoms with Crippen molar-refractivity contribution in [3.05, 3.63) is 30.1 Å². The fourth-order valence-electron chi connectivity index (χ4n) is 1.36. The molecule has 0 saturated carbocycles. The topological polar surface area (TPSA) is 43.7 Å². The minimum atomic E-state index is -0.511. The van der Waals surface area contributed by atoms with Crippen molar-refractivity contribution in [2.24, 2.45) is 0 Å². The lowest BCUT2D eigenvalue weighted by molar-refractivity contribution is 0.147. The second kappa shape index (κ2) is 5.37. The molecule has 1 saturated heterocycles. The van der Waals surface area contributed by atoms with Gasteiger partial charge in [-0.05, 0) is 36.2 Å². The van der Waals surface area contributed by atoms with Gasteiger partial charge in [0.05, 0.1) is 18.0 Å². The fourth-order valence-corrected chi connectivity index (χ4v) is 3.68. The Morgan fingerprint density at radius 2 is 2.12 bits per heavy atom. The van der Waals surface area contributed by atoms with Gasteiger partial charge in [0, 0.05) is 11.4 Å². The minimum Gasteiger partial charge on any atom is -0.395 e. The summed E-state index contributed by atoms with van der Waals surface area (Å²) >= 11 is 2.86. The smallest absolute Gasteiger partial charge is 0.123 e. The van der Waals surface area contributed by atoms with E-state index in [0.29, 0.717) is 6.54 Å². The van der Waals surface area contributed by atoms with Crippen LogP contribution >= 0.6 is 23.9 Å². The third kappa shape index (κ3) is 2.89. The van der Waals surface area contributed by atoms with Crippen LogP contribution < -0.4 is 0 Å². The zero-order valence-corrected chi connectivity index (χ0v) is 10.0. The summed E-state index contributed by atoms with van der Waals surface area (Å²) in [4.78, 5) is 0.916. The Morgan fingerprint density at radius 1 is 1.44 bits per heavy atom. The Bertz CT molecular complexity index is 349. The van der Waals surface area contributed by atoms with Crippen LogP contribution in [0.3, 0.4) is 0 Å². The zero-order chi connectivity index (χ0) is 11.5. The van der Waals surface area contributed by atoms with Crippen molar-refractivity contribution in [1.82, 2.24) is 3.71 Å². The molecule has 0 aromatic heterocycles. The van der Waals surface area contributed by atoms with Crippen LogP contribution in [0.5, 0.6) is 0 Å². The number of hydrogen-bond donors (Lipinski definition) is 2. The number of hydrogen-bond acceptors (Lipinski definition) is 5. The van der Waals surface area contributed by atoms with Crippen LogP contribution in [0.25, 0.3) is 0 Å². The molecule has 2 rings (SSSR count). The Labute approximate surface area is 102 Å². The lowest BCUT2D eigenvalue weighted by atomic mass is 10.3. The van der Waals surface area contributed by atoms with Gasteiger partial charge in [-0.3, -0.25) is 0 Å². The summed E-state index contributed by atoms with van der Waals surface area (Å²) in [5.74, 6) is -0.258. The number of benzene rings is 1. The highest BCUT2D eigenvalue weighted by atomic mass is 32.2. The first kappa shape index (κ1) is 12.2. The van der Waals surface area contributed by atoms with Crippen molar-refractivity contribution in [1.29, 1.82) is 0 Å². The van der Waals surface area contributed by atoms with Gasteiger partial charge in [0.15, 0.2) is 0 Å². The molecule has 6 heteroatoms. The summed E-state index contributed by atoms with van der Waals surface area (Å²) in [6.45, 7) is 0.463. The van der Waals surface area contributed by atoms with Gasteiger partial charge in [-0.2, -0.15) is 3.71 Å². The second-order valence-corrected chi connectivity index (χ2v) is 6.04. The van der Waals surface area contributed by atoms with Crippen LogP contribution in [-0.4, -0.2) is 38.4 Å². The highest BCUT2D eigenvalue weighted by Gasteiger charge is 2.32. The number of aliphatic hydroxyl groups excluding tert-OH is 2. The van der Waals surface area contributed by atoms with Crippen molar-refractivity contribution in [2.45, 2.75) is 16.2 Å². The maximum absolute atomic E-state index is 12.7. The van der Waals surface area contributed by atoms with E-state index in [1.54, 1.807) is 12.1 Å². The number of rotatable bonds is 3. The zero-order valence-electron chi connectivity index (χ0n) is 8.41. The van der Waals surface area contributed by atoms with Gasteiger partial charge >= 0.3 is 0 Å². The lowest BCUT2D eigenvalue weighted by Gasteiger charge is -2.12. The first-order chi connectivity index (χ1) is 7.69. The van der Waals surface area contributed by atoms with E-state index in [0.717, 1.165) is 4.90 Å². The normalized spacial score (nSPS) is 26.2. The molecule has 2 atom stereocenters. The van der Waals surface area contributed by atoms with Crippen LogP contribution in [0.2, 0.25) is 0 Å². The second-order valence-electron chi connectivity index (χ2n) is 3.45. The van der Waals surface area contributed by atoms with Crippen LogP contribution in [-0.2, 0) is 0 Å². The molecule has 1 aliphatic heterocycles. The minimum absolute atomic E-state index is 0.0354. The van der Waals surface area contributed by atoms with Crippen molar-refractivity contribution < 1.29 is 14.6 Å². The summed E-state index contributed by atoms with van der Waals surface area (Å²) in [6.07, 6.45) is -0.511. The highest BCUT2D eigenvalue weighted by Crippen LogP contribution is 2.38. The Hall–Kier alpha value is -0.270. The fraction of sp³-hybridized carbons (Fsp3) is 0.400. The van der Waals surface area contributed by atoms with E-state index in [4.69, 9.17) is 5.11 Å². The molecule has 2 N–H and O–H groups in total. The summed E-state index contributed by atoms with van der Waals surface area (Å²) in [5.41, 5.74) is 0. The summed E-state index contributed by atoms with van der Waals surface area (Å²) in [6, 6.07) is 6.20. The largest absolute Gasteiger partial charge is 0.395 e. The predicted molar refractivity (Wildman–Crippen MR) is 63.4 cm³/mol. The van der Waals surface area contributed by atoms with Crippen LogP contribution in [0, 0.1) is 5.82 Å². The molecule has 88 valence electrons. The van der Waals surface area contributed by atoms with E-state index >= 15 is 0 Å². The summed E-state index contributed by atoms with van der Waals surface area (Å²) in [7, 11) is 0. The third-order valence-corrected chi connectivity index (χ3v) is 4.65. The van der Waals surface area contributed by atoms with E-state index < -0.39 is 6.10 Å². The van der Waals surface area contributed by atoms with Crippen LogP contribution in [0.15, 0.2) is 29.2 Å². The monoisotopic (exact) mass is 261 g/mol.